The minimum absolute atomic E-state index is 0.483. The second-order valence-electron chi connectivity index (χ2n) is 3.36. The van der Waals surface area contributed by atoms with Crippen molar-refractivity contribution in [2.24, 2.45) is 0 Å². The molecule has 14 heavy (non-hydrogen) atoms. The van der Waals surface area contributed by atoms with Crippen molar-refractivity contribution < 1.29 is 9.90 Å². The van der Waals surface area contributed by atoms with Gasteiger partial charge in [-0.2, -0.15) is 0 Å². The first-order valence-electron chi connectivity index (χ1n) is 5.03. The number of rotatable bonds is 5. The highest BCUT2D eigenvalue weighted by Crippen LogP contribution is 2.25. The summed E-state index contributed by atoms with van der Waals surface area (Å²) < 4.78 is 0. The quantitative estimate of drug-likeness (QED) is 0.812. The van der Waals surface area contributed by atoms with Crippen LogP contribution in [0.3, 0.4) is 0 Å². The lowest BCUT2D eigenvalue weighted by Gasteiger charge is -1.98. The largest absolute Gasteiger partial charge is 0.477 e. The maximum absolute atomic E-state index is 10.8. The van der Waals surface area contributed by atoms with Gasteiger partial charge in [-0.25, -0.2) is 4.79 Å². The van der Waals surface area contributed by atoms with Gasteiger partial charge in [-0.1, -0.05) is 26.7 Å². The normalized spacial score (nSPS) is 10.4. The van der Waals surface area contributed by atoms with Gasteiger partial charge >= 0.3 is 5.97 Å². The van der Waals surface area contributed by atoms with E-state index in [0.717, 1.165) is 25.7 Å². The van der Waals surface area contributed by atoms with E-state index in [0.29, 0.717) is 4.88 Å². The van der Waals surface area contributed by atoms with Crippen molar-refractivity contribution >= 4 is 17.3 Å². The predicted octanol–water partition coefficient (Wildman–Crippen LogP) is 3.35. The molecule has 3 heteroatoms. The number of thiophene rings is 1. The molecular weight excluding hydrogens is 196 g/mol. The molecule has 78 valence electrons. The molecule has 1 rings (SSSR count). The van der Waals surface area contributed by atoms with Crippen molar-refractivity contribution in [2.75, 3.05) is 0 Å². The Bertz CT molecular complexity index is 292. The first-order chi connectivity index (χ1) is 6.69. The second-order valence-corrected chi connectivity index (χ2v) is 4.50. The topological polar surface area (TPSA) is 37.3 Å². The van der Waals surface area contributed by atoms with Crippen LogP contribution in [0, 0.1) is 0 Å². The number of carboxylic acids is 1. The molecule has 0 saturated carbocycles. The fourth-order valence-electron chi connectivity index (χ4n) is 1.49. The highest BCUT2D eigenvalue weighted by Gasteiger charge is 2.12. The maximum atomic E-state index is 10.8. The summed E-state index contributed by atoms with van der Waals surface area (Å²) >= 11 is 1.43. The third-order valence-corrected chi connectivity index (χ3v) is 3.33. The molecule has 0 aromatic carbocycles. The molecule has 0 atom stereocenters. The van der Waals surface area contributed by atoms with Crippen molar-refractivity contribution in [3.8, 4) is 0 Å². The highest BCUT2D eigenvalue weighted by molar-refractivity contribution is 7.14. The van der Waals surface area contributed by atoms with Crippen molar-refractivity contribution in [2.45, 2.75) is 39.5 Å². The maximum Gasteiger partial charge on any atom is 0.345 e. The Hall–Kier alpha value is -0.830. The average molecular weight is 212 g/mol. The van der Waals surface area contributed by atoms with Crippen LogP contribution >= 0.6 is 11.3 Å². The monoisotopic (exact) mass is 212 g/mol. The van der Waals surface area contributed by atoms with Crippen LogP contribution < -0.4 is 0 Å². The van der Waals surface area contributed by atoms with Crippen LogP contribution in [-0.4, -0.2) is 11.1 Å². The molecule has 0 aliphatic rings. The van der Waals surface area contributed by atoms with E-state index in [2.05, 4.69) is 13.8 Å². The molecule has 0 bridgehead atoms. The Morgan fingerprint density at radius 2 is 2.00 bits per heavy atom. The number of aromatic carboxylic acids is 1. The van der Waals surface area contributed by atoms with E-state index in [-0.39, 0.29) is 0 Å². The molecule has 0 fully saturated rings. The fourth-order valence-corrected chi connectivity index (χ4v) is 2.64. The van der Waals surface area contributed by atoms with Crippen molar-refractivity contribution in [1.29, 1.82) is 0 Å². The van der Waals surface area contributed by atoms with Gasteiger partial charge < -0.3 is 5.11 Å². The Morgan fingerprint density at radius 1 is 1.36 bits per heavy atom. The van der Waals surface area contributed by atoms with Gasteiger partial charge in [0.1, 0.15) is 4.88 Å². The highest BCUT2D eigenvalue weighted by atomic mass is 32.1. The lowest BCUT2D eigenvalue weighted by Crippen LogP contribution is -1.90. The minimum atomic E-state index is -0.797. The zero-order valence-corrected chi connectivity index (χ0v) is 9.49. The average Bonchev–Trinajstić information content (AvgIpc) is 2.50. The Labute approximate surface area is 88.6 Å². The molecule has 0 radical (unpaired) electrons. The smallest absolute Gasteiger partial charge is 0.345 e. The van der Waals surface area contributed by atoms with Gasteiger partial charge in [-0.05, 0) is 24.5 Å². The number of hydrogen-bond acceptors (Lipinski definition) is 2. The number of carboxylic acid groups (broad SMARTS) is 1. The van der Waals surface area contributed by atoms with Crippen LogP contribution in [0.25, 0.3) is 0 Å². The molecule has 0 saturated heterocycles. The zero-order chi connectivity index (χ0) is 10.6. The Balaban J connectivity index is 2.93. The van der Waals surface area contributed by atoms with Crippen LogP contribution in [-0.2, 0) is 12.8 Å². The molecule has 0 unspecified atom stereocenters. The minimum Gasteiger partial charge on any atom is -0.477 e. The molecule has 1 aromatic rings. The summed E-state index contributed by atoms with van der Waals surface area (Å²) in [5.74, 6) is -0.797. The summed E-state index contributed by atoms with van der Waals surface area (Å²) in [5.41, 5.74) is 1.23. The van der Waals surface area contributed by atoms with Crippen LogP contribution in [0.15, 0.2) is 6.07 Å². The molecule has 1 aromatic heterocycles. The molecule has 0 aliphatic carbocycles. The van der Waals surface area contributed by atoms with Gasteiger partial charge in [0.25, 0.3) is 0 Å². The van der Waals surface area contributed by atoms with Crippen LogP contribution in [0.4, 0.5) is 0 Å². The molecule has 0 spiro atoms. The van der Waals surface area contributed by atoms with Crippen molar-refractivity contribution in [3.63, 3.8) is 0 Å². The summed E-state index contributed by atoms with van der Waals surface area (Å²) in [7, 11) is 0. The zero-order valence-electron chi connectivity index (χ0n) is 8.67. The third kappa shape index (κ3) is 2.58. The summed E-state index contributed by atoms with van der Waals surface area (Å²) in [6.07, 6.45) is 4.16. The van der Waals surface area contributed by atoms with E-state index >= 15 is 0 Å². The molecular formula is C11H16O2S. The lowest BCUT2D eigenvalue weighted by molar-refractivity contribution is 0.0702. The Kier molecular flexibility index (Phi) is 4.14. The van der Waals surface area contributed by atoms with Gasteiger partial charge in [-0.3, -0.25) is 0 Å². The summed E-state index contributed by atoms with van der Waals surface area (Å²) in [4.78, 5) is 12.5. The third-order valence-electron chi connectivity index (χ3n) is 2.10. The number of carbonyl (C=O) groups is 1. The SMILES string of the molecule is CCCc1cc(C(=O)O)sc1CCC. The molecule has 1 heterocycles. The Morgan fingerprint density at radius 3 is 2.50 bits per heavy atom. The first kappa shape index (κ1) is 11.2. The van der Waals surface area contributed by atoms with E-state index in [1.807, 2.05) is 6.07 Å². The van der Waals surface area contributed by atoms with Gasteiger partial charge in [0.2, 0.25) is 0 Å². The molecule has 0 aliphatic heterocycles. The van der Waals surface area contributed by atoms with Crippen LogP contribution in [0.5, 0.6) is 0 Å². The van der Waals surface area contributed by atoms with Gasteiger partial charge in [0.15, 0.2) is 0 Å². The fraction of sp³-hybridized carbons (Fsp3) is 0.545. The first-order valence-corrected chi connectivity index (χ1v) is 5.85. The molecule has 2 nitrogen and oxygen atoms in total. The van der Waals surface area contributed by atoms with Crippen LogP contribution in [0.1, 0.15) is 46.8 Å². The van der Waals surface area contributed by atoms with Crippen LogP contribution in [0.2, 0.25) is 0 Å². The standard InChI is InChI=1S/C11H16O2S/c1-3-5-8-7-10(11(12)13)14-9(8)6-4-2/h7H,3-6H2,1-2H3,(H,12,13). The van der Waals surface area contributed by atoms with Gasteiger partial charge in [-0.15, -0.1) is 11.3 Å². The number of hydrogen-bond donors (Lipinski definition) is 1. The van der Waals surface area contributed by atoms with E-state index in [9.17, 15) is 4.79 Å². The lowest BCUT2D eigenvalue weighted by atomic mass is 10.1. The summed E-state index contributed by atoms with van der Waals surface area (Å²) in [5, 5.41) is 8.87. The second kappa shape index (κ2) is 5.15. The number of aryl methyl sites for hydroxylation is 2. The van der Waals surface area contributed by atoms with E-state index in [1.165, 1.54) is 21.8 Å². The summed E-state index contributed by atoms with van der Waals surface area (Å²) in [6.45, 7) is 4.24. The molecule has 0 amide bonds. The summed E-state index contributed by atoms with van der Waals surface area (Å²) in [6, 6.07) is 1.83. The predicted molar refractivity (Wildman–Crippen MR) is 59.3 cm³/mol. The van der Waals surface area contributed by atoms with Gasteiger partial charge in [0.05, 0.1) is 0 Å². The van der Waals surface area contributed by atoms with Gasteiger partial charge in [0, 0.05) is 4.88 Å². The van der Waals surface area contributed by atoms with E-state index in [1.54, 1.807) is 0 Å². The van der Waals surface area contributed by atoms with Crippen molar-refractivity contribution in [1.82, 2.24) is 0 Å². The van der Waals surface area contributed by atoms with E-state index < -0.39 is 5.97 Å². The van der Waals surface area contributed by atoms with E-state index in [4.69, 9.17) is 5.11 Å². The van der Waals surface area contributed by atoms with Crippen molar-refractivity contribution in [3.05, 3.63) is 21.4 Å². The molecule has 1 N–H and O–H groups in total.